The highest BCUT2D eigenvalue weighted by Gasteiger charge is 2.19. The molecule has 0 aliphatic rings. The number of hydrogen-bond acceptors (Lipinski definition) is 4. The van der Waals surface area contributed by atoms with Gasteiger partial charge in [0.15, 0.2) is 6.61 Å². The van der Waals surface area contributed by atoms with E-state index in [0.717, 1.165) is 5.56 Å². The fraction of sp³-hybridized carbons (Fsp3) is 0.462. The molecule has 0 aliphatic heterocycles. The third-order valence-electron chi connectivity index (χ3n) is 2.46. The minimum Gasteiger partial charge on any atom is -0.484 e. The van der Waals surface area contributed by atoms with Crippen molar-refractivity contribution in [2.24, 2.45) is 0 Å². The maximum absolute atomic E-state index is 11.5. The molecule has 0 saturated heterocycles. The molecule has 18 heavy (non-hydrogen) atoms. The Labute approximate surface area is 106 Å². The maximum atomic E-state index is 11.5. The van der Waals surface area contributed by atoms with Crippen molar-refractivity contribution in [3.05, 3.63) is 29.8 Å². The lowest BCUT2D eigenvalue weighted by molar-refractivity contribution is -0.124. The molecule has 1 rings (SSSR count). The number of rotatable bonds is 6. The molecule has 3 N–H and O–H groups in total. The Morgan fingerprint density at radius 3 is 2.72 bits per heavy atom. The average Bonchev–Trinajstić information content (AvgIpc) is 2.35. The summed E-state index contributed by atoms with van der Waals surface area (Å²) in [5.41, 5.74) is -0.356. The Kier molecular flexibility index (Phi) is 5.12. The van der Waals surface area contributed by atoms with Crippen molar-refractivity contribution in [3.63, 3.8) is 0 Å². The summed E-state index contributed by atoms with van der Waals surface area (Å²) in [6, 6.07) is 7.40. The maximum Gasteiger partial charge on any atom is 0.258 e. The summed E-state index contributed by atoms with van der Waals surface area (Å²) in [7, 11) is 0. The molecule has 1 aromatic carbocycles. The van der Waals surface area contributed by atoms with E-state index in [-0.39, 0.29) is 19.1 Å². The Balaban J connectivity index is 2.36. The fourth-order valence-corrected chi connectivity index (χ4v) is 1.26. The topological polar surface area (TPSA) is 78.8 Å². The van der Waals surface area contributed by atoms with Crippen LogP contribution in [-0.2, 0) is 4.79 Å². The third kappa shape index (κ3) is 4.73. The minimum atomic E-state index is -1.31. The molecule has 1 aromatic rings. The lowest BCUT2D eigenvalue weighted by atomic mass is 10.1. The second-order valence-electron chi connectivity index (χ2n) is 4.49. The van der Waals surface area contributed by atoms with Gasteiger partial charge in [-0.15, -0.1) is 0 Å². The molecule has 5 heteroatoms. The first-order chi connectivity index (χ1) is 8.44. The van der Waals surface area contributed by atoms with Crippen molar-refractivity contribution in [2.45, 2.75) is 19.4 Å². The molecular formula is C13H19NO4. The number of benzene rings is 1. The molecule has 0 aromatic heterocycles. The number of carbonyl (C=O) groups excluding carboxylic acids is 1. The van der Waals surface area contributed by atoms with Crippen LogP contribution in [0.25, 0.3) is 0 Å². The summed E-state index contributed by atoms with van der Waals surface area (Å²) >= 11 is 0. The van der Waals surface area contributed by atoms with Gasteiger partial charge in [0, 0.05) is 6.54 Å². The second kappa shape index (κ2) is 6.37. The summed E-state index contributed by atoms with van der Waals surface area (Å²) in [4.78, 5) is 11.5. The number of ether oxygens (including phenoxy) is 1. The van der Waals surface area contributed by atoms with Crippen molar-refractivity contribution in [1.29, 1.82) is 0 Å². The van der Waals surface area contributed by atoms with E-state index in [1.807, 2.05) is 25.1 Å². The molecule has 0 heterocycles. The van der Waals surface area contributed by atoms with Gasteiger partial charge >= 0.3 is 0 Å². The van der Waals surface area contributed by atoms with Gasteiger partial charge in [-0.1, -0.05) is 18.2 Å². The molecule has 1 amide bonds. The van der Waals surface area contributed by atoms with Crippen LogP contribution in [0.3, 0.4) is 0 Å². The van der Waals surface area contributed by atoms with Gasteiger partial charge in [-0.05, 0) is 25.5 Å². The van der Waals surface area contributed by atoms with Gasteiger partial charge in [0.25, 0.3) is 5.91 Å². The predicted octanol–water partition coefficient (Wildman–Crippen LogP) is 0.233. The number of aryl methyl sites for hydroxylation is 1. The second-order valence-corrected chi connectivity index (χ2v) is 4.49. The van der Waals surface area contributed by atoms with Crippen molar-refractivity contribution >= 4 is 5.91 Å². The first-order valence-electron chi connectivity index (χ1n) is 5.73. The Bertz CT molecular complexity index is 404. The third-order valence-corrected chi connectivity index (χ3v) is 2.46. The summed E-state index contributed by atoms with van der Waals surface area (Å²) < 4.78 is 5.34. The van der Waals surface area contributed by atoms with Gasteiger partial charge in [-0.3, -0.25) is 4.79 Å². The van der Waals surface area contributed by atoms with E-state index in [4.69, 9.17) is 9.84 Å². The molecule has 0 radical (unpaired) electrons. The van der Waals surface area contributed by atoms with Gasteiger partial charge in [0.2, 0.25) is 0 Å². The highest BCUT2D eigenvalue weighted by Crippen LogP contribution is 2.15. The summed E-state index contributed by atoms with van der Waals surface area (Å²) in [6.07, 6.45) is 0. The molecule has 5 nitrogen and oxygen atoms in total. The van der Waals surface area contributed by atoms with E-state index in [1.165, 1.54) is 6.92 Å². The van der Waals surface area contributed by atoms with E-state index < -0.39 is 12.2 Å². The molecule has 100 valence electrons. The summed E-state index contributed by atoms with van der Waals surface area (Å²) in [5, 5.41) is 20.8. The van der Waals surface area contributed by atoms with Gasteiger partial charge in [0.1, 0.15) is 11.4 Å². The SMILES string of the molecule is Cc1ccccc1OCC(=O)NCC(C)(O)CO. The van der Waals surface area contributed by atoms with Crippen LogP contribution >= 0.6 is 0 Å². The monoisotopic (exact) mass is 253 g/mol. The molecule has 0 saturated carbocycles. The van der Waals surface area contributed by atoms with Crippen LogP contribution in [0.4, 0.5) is 0 Å². The van der Waals surface area contributed by atoms with Crippen LogP contribution < -0.4 is 10.1 Å². The first kappa shape index (κ1) is 14.5. The van der Waals surface area contributed by atoms with Gasteiger partial charge < -0.3 is 20.3 Å². The van der Waals surface area contributed by atoms with Gasteiger partial charge in [-0.25, -0.2) is 0 Å². The average molecular weight is 253 g/mol. The molecule has 0 aliphatic carbocycles. The minimum absolute atomic E-state index is 0.0144. The number of nitrogens with one attached hydrogen (secondary N) is 1. The number of hydrogen-bond donors (Lipinski definition) is 3. The zero-order valence-electron chi connectivity index (χ0n) is 10.6. The molecular weight excluding hydrogens is 234 g/mol. The number of aliphatic hydroxyl groups is 2. The van der Waals surface area contributed by atoms with Gasteiger partial charge in [-0.2, -0.15) is 0 Å². The number of carbonyl (C=O) groups is 1. The predicted molar refractivity (Wildman–Crippen MR) is 67.4 cm³/mol. The van der Waals surface area contributed by atoms with E-state index in [9.17, 15) is 9.90 Å². The quantitative estimate of drug-likeness (QED) is 0.678. The van der Waals surface area contributed by atoms with Crippen LogP contribution in [0, 0.1) is 6.92 Å². The van der Waals surface area contributed by atoms with Crippen LogP contribution in [0.1, 0.15) is 12.5 Å². The number of para-hydroxylation sites is 1. The molecule has 1 unspecified atom stereocenters. The van der Waals surface area contributed by atoms with Crippen molar-refractivity contribution in [2.75, 3.05) is 19.8 Å². The first-order valence-corrected chi connectivity index (χ1v) is 5.73. The van der Waals surface area contributed by atoms with Crippen molar-refractivity contribution in [1.82, 2.24) is 5.32 Å². The van der Waals surface area contributed by atoms with Crippen LogP contribution in [0.15, 0.2) is 24.3 Å². The van der Waals surface area contributed by atoms with E-state index in [0.29, 0.717) is 5.75 Å². The zero-order valence-corrected chi connectivity index (χ0v) is 10.6. The van der Waals surface area contributed by atoms with Crippen LogP contribution in [0.5, 0.6) is 5.75 Å². The van der Waals surface area contributed by atoms with E-state index in [2.05, 4.69) is 5.32 Å². The van der Waals surface area contributed by atoms with Crippen LogP contribution in [-0.4, -0.2) is 41.5 Å². The fourth-order valence-electron chi connectivity index (χ4n) is 1.26. The lowest BCUT2D eigenvalue weighted by Crippen LogP contribution is -2.44. The zero-order chi connectivity index (χ0) is 13.6. The molecule has 0 bridgehead atoms. The Morgan fingerprint density at radius 2 is 2.11 bits per heavy atom. The normalized spacial score (nSPS) is 13.8. The molecule has 0 spiro atoms. The van der Waals surface area contributed by atoms with Crippen LogP contribution in [0.2, 0.25) is 0 Å². The highest BCUT2D eigenvalue weighted by atomic mass is 16.5. The standard InChI is InChI=1S/C13H19NO4/c1-10-5-3-4-6-11(10)18-7-12(16)14-8-13(2,17)9-15/h3-6,15,17H,7-9H2,1-2H3,(H,14,16). The van der Waals surface area contributed by atoms with Crippen molar-refractivity contribution < 1.29 is 19.7 Å². The smallest absolute Gasteiger partial charge is 0.258 e. The van der Waals surface area contributed by atoms with Gasteiger partial charge in [0.05, 0.1) is 6.61 Å². The lowest BCUT2D eigenvalue weighted by Gasteiger charge is -2.20. The summed E-state index contributed by atoms with van der Waals surface area (Å²) in [6.45, 7) is 2.79. The van der Waals surface area contributed by atoms with E-state index >= 15 is 0 Å². The number of amides is 1. The summed E-state index contributed by atoms with van der Waals surface area (Å²) in [5.74, 6) is 0.313. The van der Waals surface area contributed by atoms with E-state index in [1.54, 1.807) is 6.07 Å². The largest absolute Gasteiger partial charge is 0.484 e. The van der Waals surface area contributed by atoms with Crippen molar-refractivity contribution in [3.8, 4) is 5.75 Å². The highest BCUT2D eigenvalue weighted by molar-refractivity contribution is 5.77. The molecule has 1 atom stereocenters. The number of aliphatic hydroxyl groups excluding tert-OH is 1. The molecule has 0 fully saturated rings. The Hall–Kier alpha value is -1.59. The Morgan fingerprint density at radius 1 is 1.44 bits per heavy atom.